The van der Waals surface area contributed by atoms with Crippen LogP contribution in [0.1, 0.15) is 29.2 Å². The van der Waals surface area contributed by atoms with Crippen molar-refractivity contribution < 1.29 is 14.5 Å². The molecule has 0 radical (unpaired) electrons. The van der Waals surface area contributed by atoms with E-state index in [1.54, 1.807) is 25.5 Å². The van der Waals surface area contributed by atoms with E-state index >= 15 is 0 Å². The van der Waals surface area contributed by atoms with Crippen LogP contribution in [0.25, 0.3) is 0 Å². The van der Waals surface area contributed by atoms with Gasteiger partial charge in [-0.3, -0.25) is 9.78 Å². The highest BCUT2D eigenvalue weighted by Crippen LogP contribution is 2.17. The second-order valence-corrected chi connectivity index (χ2v) is 5.49. The van der Waals surface area contributed by atoms with Crippen molar-refractivity contribution in [3.8, 4) is 0 Å². The first kappa shape index (κ1) is 19.1. The van der Waals surface area contributed by atoms with Gasteiger partial charge in [-0.2, -0.15) is 0 Å². The number of aryl methyl sites for hydroxylation is 1. The minimum absolute atomic E-state index is 0.185. The minimum Gasteiger partial charge on any atom is -0.398 e. The van der Waals surface area contributed by atoms with E-state index in [4.69, 9.17) is 9.68 Å². The van der Waals surface area contributed by atoms with Crippen molar-refractivity contribution in [2.24, 2.45) is 10.3 Å². The van der Waals surface area contributed by atoms with Gasteiger partial charge < -0.3 is 15.0 Å². The van der Waals surface area contributed by atoms with Crippen molar-refractivity contribution in [2.45, 2.75) is 20.5 Å². The van der Waals surface area contributed by atoms with Crippen molar-refractivity contribution in [2.75, 3.05) is 14.2 Å². The van der Waals surface area contributed by atoms with Crippen LogP contribution in [-0.4, -0.2) is 36.5 Å². The van der Waals surface area contributed by atoms with E-state index in [-0.39, 0.29) is 18.2 Å². The second-order valence-electron chi connectivity index (χ2n) is 5.49. The van der Waals surface area contributed by atoms with Crippen LogP contribution in [0.15, 0.2) is 53.0 Å². The Morgan fingerprint density at radius 2 is 2.04 bits per heavy atom. The summed E-state index contributed by atoms with van der Waals surface area (Å²) in [4.78, 5) is 26.6. The maximum Gasteiger partial charge on any atom is 0.273 e. The summed E-state index contributed by atoms with van der Waals surface area (Å²) in [5.41, 5.74) is 4.19. The van der Waals surface area contributed by atoms with Gasteiger partial charge in [0.25, 0.3) is 5.91 Å². The lowest BCUT2D eigenvalue weighted by atomic mass is 9.98. The Morgan fingerprint density at radius 3 is 2.69 bits per heavy atom. The molecule has 1 heterocycles. The topological polar surface area (TPSA) is 85.2 Å². The summed E-state index contributed by atoms with van der Waals surface area (Å²) in [6, 6.07) is 9.34. The van der Waals surface area contributed by atoms with Crippen molar-refractivity contribution in [3.05, 3.63) is 65.0 Å². The molecule has 0 saturated carbocycles. The lowest BCUT2D eigenvalue weighted by Crippen LogP contribution is -2.29. The number of likely N-dealkylation sites (N-methyl/N-ethyl adjacent to an activating group) is 1. The average Bonchev–Trinajstić information content (AvgIpc) is 2.67. The molecule has 1 aromatic carbocycles. The molecule has 7 heteroatoms. The second kappa shape index (κ2) is 9.31. The van der Waals surface area contributed by atoms with E-state index in [0.717, 1.165) is 16.7 Å². The Morgan fingerprint density at radius 1 is 1.23 bits per heavy atom. The highest BCUT2D eigenvalue weighted by Gasteiger charge is 2.19. The van der Waals surface area contributed by atoms with Crippen molar-refractivity contribution >= 4 is 17.3 Å². The van der Waals surface area contributed by atoms with Crippen molar-refractivity contribution in [1.29, 1.82) is 0 Å². The number of rotatable bonds is 7. The molecule has 0 aliphatic heterocycles. The lowest BCUT2D eigenvalue weighted by Gasteiger charge is -2.13. The van der Waals surface area contributed by atoms with Crippen LogP contribution in [0.3, 0.4) is 0 Å². The zero-order valence-corrected chi connectivity index (χ0v) is 15.3. The fourth-order valence-corrected chi connectivity index (χ4v) is 2.36. The van der Waals surface area contributed by atoms with Gasteiger partial charge in [0.2, 0.25) is 0 Å². The van der Waals surface area contributed by atoms with Gasteiger partial charge in [-0.05, 0) is 31.5 Å². The molecule has 0 aliphatic carbocycles. The zero-order valence-electron chi connectivity index (χ0n) is 15.3. The van der Waals surface area contributed by atoms with E-state index in [2.05, 4.69) is 20.6 Å². The van der Waals surface area contributed by atoms with Crippen LogP contribution >= 0.6 is 0 Å². The van der Waals surface area contributed by atoms with Crippen LogP contribution < -0.4 is 5.32 Å². The molecule has 1 aromatic heterocycles. The smallest absolute Gasteiger partial charge is 0.273 e. The molecule has 0 unspecified atom stereocenters. The number of pyridine rings is 1. The maximum absolute atomic E-state index is 12.1. The van der Waals surface area contributed by atoms with Gasteiger partial charge >= 0.3 is 0 Å². The fraction of sp³-hybridized carbons (Fsp3) is 0.263. The largest absolute Gasteiger partial charge is 0.398 e. The third-order valence-corrected chi connectivity index (χ3v) is 3.78. The molecule has 136 valence electrons. The summed E-state index contributed by atoms with van der Waals surface area (Å²) in [6.45, 7) is 3.98. The Kier molecular flexibility index (Phi) is 6.84. The molecule has 2 aromatic rings. The summed E-state index contributed by atoms with van der Waals surface area (Å²) >= 11 is 0. The molecule has 0 fully saturated rings. The molecule has 0 aliphatic rings. The summed E-state index contributed by atoms with van der Waals surface area (Å²) in [5.74, 6) is -0.339. The van der Waals surface area contributed by atoms with Crippen LogP contribution in [0.2, 0.25) is 0 Å². The number of carbonyl (C=O) groups excluding carboxylic acids is 1. The number of benzene rings is 1. The van der Waals surface area contributed by atoms with Crippen molar-refractivity contribution in [3.63, 3.8) is 0 Å². The van der Waals surface area contributed by atoms with E-state index in [1.165, 1.54) is 7.11 Å². The number of aromatic nitrogens is 1. The number of hydrogen-bond acceptors (Lipinski definition) is 6. The molecule has 2 rings (SSSR count). The Labute approximate surface area is 152 Å². The van der Waals surface area contributed by atoms with Crippen LogP contribution in [0.5, 0.6) is 0 Å². The van der Waals surface area contributed by atoms with Gasteiger partial charge in [-0.1, -0.05) is 28.5 Å². The first-order valence-corrected chi connectivity index (χ1v) is 8.07. The minimum atomic E-state index is -0.339. The molecule has 1 amide bonds. The quantitative estimate of drug-likeness (QED) is 0.611. The maximum atomic E-state index is 12.1. The zero-order chi connectivity index (χ0) is 18.9. The molecule has 7 nitrogen and oxygen atoms in total. The third-order valence-electron chi connectivity index (χ3n) is 3.78. The van der Waals surface area contributed by atoms with E-state index in [0.29, 0.717) is 11.3 Å². The average molecular weight is 354 g/mol. The molecule has 26 heavy (non-hydrogen) atoms. The molecule has 0 atom stereocenters. The Bertz CT molecular complexity index is 817. The van der Waals surface area contributed by atoms with Crippen LogP contribution in [0, 0.1) is 6.92 Å². The molecular formula is C19H22N4O3. The number of nitrogens with zero attached hydrogens (tertiary/aromatic N) is 3. The van der Waals surface area contributed by atoms with Crippen molar-refractivity contribution in [1.82, 2.24) is 10.3 Å². The van der Waals surface area contributed by atoms with Gasteiger partial charge in [0.1, 0.15) is 13.7 Å². The Balaban J connectivity index is 2.27. The number of nitrogens with one attached hydrogen (secondary N) is 1. The summed E-state index contributed by atoms with van der Waals surface area (Å²) in [7, 11) is 2.94. The third kappa shape index (κ3) is 4.66. The lowest BCUT2D eigenvalue weighted by molar-refractivity contribution is -0.114. The van der Waals surface area contributed by atoms with Gasteiger partial charge in [-0.15, -0.1) is 0 Å². The van der Waals surface area contributed by atoms with Gasteiger partial charge in [0.15, 0.2) is 5.71 Å². The molecule has 1 N–H and O–H groups in total. The summed E-state index contributed by atoms with van der Waals surface area (Å²) < 4.78 is 0. The number of oxime groups is 2. The number of amides is 1. The highest BCUT2D eigenvalue weighted by atomic mass is 16.6. The van der Waals surface area contributed by atoms with E-state index in [9.17, 15) is 4.79 Å². The van der Waals surface area contributed by atoms with E-state index < -0.39 is 0 Å². The Hall–Kier alpha value is -3.22. The van der Waals surface area contributed by atoms with Crippen LogP contribution in [0.4, 0.5) is 0 Å². The molecule has 0 bridgehead atoms. The molecule has 0 saturated heterocycles. The monoisotopic (exact) mass is 354 g/mol. The summed E-state index contributed by atoms with van der Waals surface area (Å²) in [6.07, 6.45) is 3.42. The predicted molar refractivity (Wildman–Crippen MR) is 100 cm³/mol. The first-order valence-electron chi connectivity index (χ1n) is 8.07. The van der Waals surface area contributed by atoms with E-state index in [1.807, 2.05) is 38.1 Å². The van der Waals surface area contributed by atoms with Gasteiger partial charge in [0.05, 0.1) is 5.71 Å². The standard InChI is InChI=1S/C19H22N4O3/c1-13-7-5-9-16(18(23-25-4)19(24)20-3)17(13)12-26-22-14(2)15-8-6-10-21-11-15/h5-11H,12H2,1-4H3,(H,20,24)/b22-14+,23-18+. The number of hydrogen-bond donors (Lipinski definition) is 1. The van der Waals surface area contributed by atoms with Gasteiger partial charge in [0, 0.05) is 36.1 Å². The normalized spacial score (nSPS) is 11.8. The van der Waals surface area contributed by atoms with Gasteiger partial charge in [-0.25, -0.2) is 0 Å². The summed E-state index contributed by atoms with van der Waals surface area (Å²) in [5, 5.41) is 10.6. The molecule has 0 spiro atoms. The fourth-order valence-electron chi connectivity index (χ4n) is 2.36. The SMILES string of the molecule is CNC(=O)/C(=N/OC)c1cccc(C)c1CO/N=C(\C)c1cccnc1. The first-order chi connectivity index (χ1) is 12.6. The highest BCUT2D eigenvalue weighted by molar-refractivity contribution is 6.45. The predicted octanol–water partition coefficient (Wildman–Crippen LogP) is 2.43. The number of carbonyl (C=O) groups is 1. The molecular weight excluding hydrogens is 332 g/mol. The van der Waals surface area contributed by atoms with Crippen LogP contribution in [-0.2, 0) is 21.1 Å².